The maximum atomic E-state index is 13.0. The predicted molar refractivity (Wildman–Crippen MR) is 153 cm³/mol. The number of hydrogen-bond acceptors (Lipinski definition) is 6. The maximum Gasteiger partial charge on any atom is 0.410 e. The summed E-state index contributed by atoms with van der Waals surface area (Å²) in [6.07, 6.45) is -0.277. The molecular formula is C30H33N3O5S. The van der Waals surface area contributed by atoms with Crippen molar-refractivity contribution in [3.63, 3.8) is 0 Å². The van der Waals surface area contributed by atoms with E-state index in [1.165, 1.54) is 0 Å². The summed E-state index contributed by atoms with van der Waals surface area (Å²) in [5.41, 5.74) is 2.76. The Bertz CT molecular complexity index is 1460. The molecule has 8 nitrogen and oxygen atoms in total. The first kappa shape index (κ1) is 26.6. The summed E-state index contributed by atoms with van der Waals surface area (Å²) in [7, 11) is 1.90. The number of nitrogens with zero attached hydrogens (tertiary/aromatic N) is 2. The molecule has 1 N–H and O–H groups in total. The van der Waals surface area contributed by atoms with Gasteiger partial charge in [-0.15, -0.1) is 11.3 Å². The van der Waals surface area contributed by atoms with Gasteiger partial charge in [0, 0.05) is 37.3 Å². The SMILES string of the molecule is Cn1c(C(=O)Nc2ccccc2COc2ccc(OCC3CN(C(=O)OC(C)(C)C)C3)cc2)cc2sccc21. The van der Waals surface area contributed by atoms with Crippen molar-refractivity contribution < 1.29 is 23.8 Å². The van der Waals surface area contributed by atoms with E-state index in [9.17, 15) is 9.59 Å². The van der Waals surface area contributed by atoms with Crippen LogP contribution in [0.2, 0.25) is 0 Å². The van der Waals surface area contributed by atoms with Crippen LogP contribution in [0.25, 0.3) is 10.2 Å². The summed E-state index contributed by atoms with van der Waals surface area (Å²) in [4.78, 5) is 26.8. The molecule has 0 spiro atoms. The van der Waals surface area contributed by atoms with Gasteiger partial charge in [0.25, 0.3) is 5.91 Å². The lowest BCUT2D eigenvalue weighted by atomic mass is 10.0. The molecule has 2 aromatic heterocycles. The number of anilines is 1. The summed E-state index contributed by atoms with van der Waals surface area (Å²) >= 11 is 1.62. The number of ether oxygens (including phenoxy) is 3. The van der Waals surface area contributed by atoms with Gasteiger partial charge >= 0.3 is 6.09 Å². The molecule has 1 aliphatic rings. The average molecular weight is 548 g/mol. The number of carbonyl (C=O) groups is 2. The van der Waals surface area contributed by atoms with Gasteiger partial charge in [-0.05, 0) is 68.6 Å². The zero-order chi connectivity index (χ0) is 27.6. The van der Waals surface area contributed by atoms with E-state index in [0.717, 1.165) is 21.5 Å². The van der Waals surface area contributed by atoms with E-state index >= 15 is 0 Å². The maximum absolute atomic E-state index is 13.0. The van der Waals surface area contributed by atoms with Gasteiger partial charge in [0.15, 0.2) is 0 Å². The van der Waals surface area contributed by atoms with Gasteiger partial charge in [-0.2, -0.15) is 0 Å². The van der Waals surface area contributed by atoms with Gasteiger partial charge in [0.1, 0.15) is 29.4 Å². The highest BCUT2D eigenvalue weighted by Gasteiger charge is 2.34. The average Bonchev–Trinajstić information content (AvgIpc) is 3.45. The van der Waals surface area contributed by atoms with Gasteiger partial charge in [-0.25, -0.2) is 4.79 Å². The van der Waals surface area contributed by atoms with Crippen LogP contribution >= 0.6 is 11.3 Å². The van der Waals surface area contributed by atoms with Gasteiger partial charge in [0.05, 0.1) is 16.8 Å². The first-order chi connectivity index (χ1) is 18.7. The summed E-state index contributed by atoms with van der Waals surface area (Å²) in [5, 5.41) is 5.06. The zero-order valence-corrected chi connectivity index (χ0v) is 23.4. The molecule has 5 rings (SSSR count). The number of amides is 2. The van der Waals surface area contributed by atoms with Gasteiger partial charge < -0.3 is 29.0 Å². The van der Waals surface area contributed by atoms with E-state index in [0.29, 0.717) is 43.4 Å². The highest BCUT2D eigenvalue weighted by Crippen LogP contribution is 2.27. The van der Waals surface area contributed by atoms with E-state index < -0.39 is 5.60 Å². The smallest absolute Gasteiger partial charge is 0.410 e. The Morgan fingerprint density at radius 3 is 2.38 bits per heavy atom. The topological polar surface area (TPSA) is 82.0 Å². The van der Waals surface area contributed by atoms with Crippen molar-refractivity contribution >= 4 is 39.2 Å². The monoisotopic (exact) mass is 547 g/mol. The van der Waals surface area contributed by atoms with Crippen LogP contribution in [-0.4, -0.2) is 46.8 Å². The third kappa shape index (κ3) is 6.37. The molecule has 2 amide bonds. The lowest BCUT2D eigenvalue weighted by Crippen LogP contribution is -2.53. The molecular weight excluding hydrogens is 514 g/mol. The quantitative estimate of drug-likeness (QED) is 0.279. The molecule has 0 atom stereocenters. The number of thiophene rings is 1. The number of likely N-dealkylation sites (tertiary alicyclic amines) is 1. The molecule has 39 heavy (non-hydrogen) atoms. The molecule has 2 aromatic carbocycles. The molecule has 4 aromatic rings. The Kier molecular flexibility index (Phi) is 7.52. The fourth-order valence-electron chi connectivity index (χ4n) is 4.38. The number of carbonyl (C=O) groups excluding carboxylic acids is 2. The first-order valence-electron chi connectivity index (χ1n) is 12.9. The molecule has 0 unspecified atom stereocenters. The minimum Gasteiger partial charge on any atom is -0.493 e. The summed E-state index contributed by atoms with van der Waals surface area (Å²) in [6.45, 7) is 7.70. The minimum atomic E-state index is -0.488. The van der Waals surface area contributed by atoms with E-state index in [1.54, 1.807) is 16.2 Å². The lowest BCUT2D eigenvalue weighted by Gasteiger charge is -2.39. The molecule has 1 saturated heterocycles. The molecule has 0 bridgehead atoms. The highest BCUT2D eigenvalue weighted by atomic mass is 32.1. The number of nitrogens with one attached hydrogen (secondary N) is 1. The van der Waals surface area contributed by atoms with Gasteiger partial charge in [-0.1, -0.05) is 18.2 Å². The van der Waals surface area contributed by atoms with Crippen LogP contribution in [0.3, 0.4) is 0 Å². The number of aromatic nitrogens is 1. The third-order valence-corrected chi connectivity index (χ3v) is 7.33. The first-order valence-corrected chi connectivity index (χ1v) is 13.8. The second-order valence-corrected chi connectivity index (χ2v) is 11.6. The van der Waals surface area contributed by atoms with Crippen molar-refractivity contribution in [2.24, 2.45) is 13.0 Å². The van der Waals surface area contributed by atoms with Crippen molar-refractivity contribution in [1.82, 2.24) is 9.47 Å². The van der Waals surface area contributed by atoms with E-state index in [1.807, 2.05) is 98.4 Å². The summed E-state index contributed by atoms with van der Waals surface area (Å²) in [5.74, 6) is 1.57. The lowest BCUT2D eigenvalue weighted by molar-refractivity contribution is -0.00782. The Hall–Kier alpha value is -3.98. The second-order valence-electron chi connectivity index (χ2n) is 10.7. The standard InChI is InChI=1S/C30H33N3O5S/c1-30(2,3)38-29(35)33-16-20(17-33)18-36-22-9-11-23(12-10-22)37-19-21-7-5-6-8-24(21)31-28(34)26-15-27-25(32(26)4)13-14-39-27/h5-15,20H,16-19H2,1-4H3,(H,31,34). The Balaban J connectivity index is 1.10. The van der Waals surface area contributed by atoms with Crippen LogP contribution in [0.4, 0.5) is 10.5 Å². The van der Waals surface area contributed by atoms with Crippen LogP contribution < -0.4 is 14.8 Å². The normalized spacial score (nSPS) is 13.7. The summed E-state index contributed by atoms with van der Waals surface area (Å²) < 4.78 is 20.3. The number of para-hydroxylation sites is 1. The molecule has 3 heterocycles. The fraction of sp³-hybridized carbons (Fsp3) is 0.333. The highest BCUT2D eigenvalue weighted by molar-refractivity contribution is 7.17. The molecule has 0 saturated carbocycles. The van der Waals surface area contributed by atoms with Crippen LogP contribution in [0.1, 0.15) is 36.8 Å². The Morgan fingerprint density at radius 1 is 1.00 bits per heavy atom. The number of fused-ring (bicyclic) bond motifs is 1. The number of hydrogen-bond donors (Lipinski definition) is 1. The van der Waals surface area contributed by atoms with Crippen molar-refractivity contribution in [1.29, 1.82) is 0 Å². The number of benzene rings is 2. The Labute approximate surface area is 232 Å². The van der Waals surface area contributed by atoms with Crippen molar-refractivity contribution in [3.05, 3.63) is 77.3 Å². The van der Waals surface area contributed by atoms with E-state index in [4.69, 9.17) is 14.2 Å². The molecule has 204 valence electrons. The third-order valence-electron chi connectivity index (χ3n) is 6.47. The summed E-state index contributed by atoms with van der Waals surface area (Å²) in [6, 6.07) is 19.0. The van der Waals surface area contributed by atoms with Crippen molar-refractivity contribution in [3.8, 4) is 11.5 Å². The largest absolute Gasteiger partial charge is 0.493 e. The predicted octanol–water partition coefficient (Wildman–Crippen LogP) is 6.32. The molecule has 1 aliphatic heterocycles. The van der Waals surface area contributed by atoms with Crippen molar-refractivity contribution in [2.75, 3.05) is 25.0 Å². The van der Waals surface area contributed by atoms with Crippen LogP contribution in [0.5, 0.6) is 11.5 Å². The second kappa shape index (κ2) is 11.0. The number of aryl methyl sites for hydroxylation is 1. The van der Waals surface area contributed by atoms with Gasteiger partial charge in [-0.3, -0.25) is 4.79 Å². The van der Waals surface area contributed by atoms with Crippen LogP contribution in [0, 0.1) is 5.92 Å². The molecule has 1 fully saturated rings. The number of rotatable bonds is 8. The molecule has 0 radical (unpaired) electrons. The minimum absolute atomic E-state index is 0.157. The zero-order valence-electron chi connectivity index (χ0n) is 22.6. The molecule has 0 aliphatic carbocycles. The fourth-order valence-corrected chi connectivity index (χ4v) is 5.23. The van der Waals surface area contributed by atoms with Crippen LogP contribution in [0.15, 0.2) is 66.0 Å². The van der Waals surface area contributed by atoms with Gasteiger partial charge in [0.2, 0.25) is 0 Å². The van der Waals surface area contributed by atoms with E-state index in [-0.39, 0.29) is 17.9 Å². The molecule has 9 heteroatoms. The van der Waals surface area contributed by atoms with E-state index in [2.05, 4.69) is 5.32 Å². The Morgan fingerprint density at radius 2 is 1.69 bits per heavy atom. The van der Waals surface area contributed by atoms with Crippen LogP contribution in [-0.2, 0) is 18.4 Å². The van der Waals surface area contributed by atoms with Crippen molar-refractivity contribution in [2.45, 2.75) is 33.0 Å².